The van der Waals surface area contributed by atoms with E-state index in [0.717, 1.165) is 23.4 Å². The number of carbonyl (C=O) groups excluding carboxylic acids is 1. The largest absolute Gasteiger partial charge is 0.444 e. The smallest absolute Gasteiger partial charge is 0.410 e. The van der Waals surface area contributed by atoms with Crippen LogP contribution >= 0.6 is 23.2 Å². The maximum absolute atomic E-state index is 12.1. The van der Waals surface area contributed by atoms with Crippen molar-refractivity contribution in [3.8, 4) is 0 Å². The van der Waals surface area contributed by atoms with Crippen molar-refractivity contribution in [2.45, 2.75) is 82.1 Å². The lowest BCUT2D eigenvalue weighted by atomic mass is 9.70. The Morgan fingerprint density at radius 2 is 1.19 bits per heavy atom. The first kappa shape index (κ1) is 29.8. The minimum Gasteiger partial charge on any atom is -0.444 e. The number of benzene rings is 2. The highest BCUT2D eigenvalue weighted by Crippen LogP contribution is 2.39. The van der Waals surface area contributed by atoms with Crippen molar-refractivity contribution >= 4 is 29.3 Å². The van der Waals surface area contributed by atoms with Crippen molar-refractivity contribution < 1.29 is 19.7 Å². The number of nitrogens with zero attached hydrogens (tertiary/aromatic N) is 1. The highest BCUT2D eigenvalue weighted by Gasteiger charge is 2.38. The number of hydrogen-bond donors (Lipinski definition) is 2. The zero-order valence-electron chi connectivity index (χ0n) is 22.3. The Bertz CT molecular complexity index is 988. The van der Waals surface area contributed by atoms with Gasteiger partial charge in [0.2, 0.25) is 0 Å². The van der Waals surface area contributed by atoms with Gasteiger partial charge in [0.1, 0.15) is 5.60 Å². The number of amides is 1. The van der Waals surface area contributed by atoms with Crippen LogP contribution in [-0.4, -0.2) is 53.1 Å². The SMILES string of the molecule is CC(C)(C)OC(=O)N1CCC(CO)(c2ccc(Cl)cc2)CC1.OCC1(c2ccc(Cl)cc2)CCCCC1. The fourth-order valence-corrected chi connectivity index (χ4v) is 5.61. The van der Waals surface area contributed by atoms with E-state index in [9.17, 15) is 15.0 Å². The Morgan fingerprint density at radius 1 is 0.784 bits per heavy atom. The molecule has 4 rings (SSSR count). The molecule has 2 aliphatic rings. The number of piperidine rings is 1. The van der Waals surface area contributed by atoms with Crippen LogP contribution in [0.2, 0.25) is 10.0 Å². The first-order valence-electron chi connectivity index (χ1n) is 13.2. The molecule has 1 aliphatic heterocycles. The second-order valence-corrected chi connectivity index (χ2v) is 12.3. The van der Waals surface area contributed by atoms with E-state index in [-0.39, 0.29) is 30.1 Å². The molecule has 1 saturated carbocycles. The molecule has 0 aromatic heterocycles. The van der Waals surface area contributed by atoms with E-state index in [1.807, 2.05) is 57.2 Å². The standard InChI is InChI=1S/C17H24ClNO3.C13H17ClO/c1-16(2,3)22-15(21)19-10-8-17(12-20,9-11-19)13-4-6-14(18)7-5-13;14-12-6-4-11(5-7-12)13(10-15)8-2-1-3-9-13/h4-7,20H,8-12H2,1-3H3;4-7,15H,1-3,8-10H2. The van der Waals surface area contributed by atoms with Crippen LogP contribution in [0.5, 0.6) is 0 Å². The first-order chi connectivity index (χ1) is 17.5. The Kier molecular flexibility index (Phi) is 10.3. The minimum atomic E-state index is -0.487. The van der Waals surface area contributed by atoms with Crippen molar-refractivity contribution in [1.29, 1.82) is 0 Å². The molecule has 0 atom stereocenters. The zero-order valence-corrected chi connectivity index (χ0v) is 23.8. The topological polar surface area (TPSA) is 70.0 Å². The number of halogens is 2. The number of ether oxygens (including phenoxy) is 1. The van der Waals surface area contributed by atoms with Crippen LogP contribution in [0.4, 0.5) is 4.79 Å². The molecule has 2 aromatic rings. The molecule has 0 radical (unpaired) electrons. The first-order valence-corrected chi connectivity index (χ1v) is 14.0. The van der Waals surface area contributed by atoms with Crippen molar-refractivity contribution in [1.82, 2.24) is 4.90 Å². The van der Waals surface area contributed by atoms with E-state index in [1.54, 1.807) is 4.90 Å². The quantitative estimate of drug-likeness (QED) is 0.425. The number of aliphatic hydroxyl groups excluding tert-OH is 2. The summed E-state index contributed by atoms with van der Waals surface area (Å²) in [5, 5.41) is 21.0. The summed E-state index contributed by atoms with van der Waals surface area (Å²) in [5.41, 5.74) is 1.53. The molecule has 2 fully saturated rings. The van der Waals surface area contributed by atoms with Gasteiger partial charge < -0.3 is 19.8 Å². The Hall–Kier alpha value is -1.79. The normalized spacial score (nSPS) is 18.9. The lowest BCUT2D eigenvalue weighted by Gasteiger charge is -2.41. The van der Waals surface area contributed by atoms with Gasteiger partial charge in [-0.25, -0.2) is 4.79 Å². The number of hydrogen-bond acceptors (Lipinski definition) is 4. The van der Waals surface area contributed by atoms with Crippen LogP contribution in [0.1, 0.15) is 76.8 Å². The van der Waals surface area contributed by atoms with Gasteiger partial charge in [0.05, 0.1) is 13.2 Å². The Balaban J connectivity index is 0.000000220. The number of rotatable bonds is 4. The third kappa shape index (κ3) is 7.86. The van der Waals surface area contributed by atoms with Crippen LogP contribution in [0, 0.1) is 0 Å². The summed E-state index contributed by atoms with van der Waals surface area (Å²) in [5.74, 6) is 0. The van der Waals surface area contributed by atoms with Gasteiger partial charge in [0, 0.05) is 34.0 Å². The molecule has 2 N–H and O–H groups in total. The maximum Gasteiger partial charge on any atom is 0.410 e. The molecule has 0 spiro atoms. The predicted molar refractivity (Wildman–Crippen MR) is 151 cm³/mol. The monoisotopic (exact) mass is 549 g/mol. The van der Waals surface area contributed by atoms with Gasteiger partial charge in [-0.2, -0.15) is 0 Å². The fourth-order valence-electron chi connectivity index (χ4n) is 5.36. The summed E-state index contributed by atoms with van der Waals surface area (Å²) in [7, 11) is 0. The van der Waals surface area contributed by atoms with Crippen LogP contribution < -0.4 is 0 Å². The lowest BCUT2D eigenvalue weighted by molar-refractivity contribution is 0.0123. The molecule has 2 aromatic carbocycles. The molecule has 204 valence electrons. The summed E-state index contributed by atoms with van der Waals surface area (Å²) in [4.78, 5) is 13.8. The Morgan fingerprint density at radius 3 is 1.57 bits per heavy atom. The van der Waals surface area contributed by atoms with Crippen LogP contribution in [0.15, 0.2) is 48.5 Å². The lowest BCUT2D eigenvalue weighted by Crippen LogP contribution is -2.48. The fraction of sp³-hybridized carbons (Fsp3) is 0.567. The predicted octanol–water partition coefficient (Wildman–Crippen LogP) is 7.14. The summed E-state index contributed by atoms with van der Waals surface area (Å²) >= 11 is 11.8. The molecule has 1 amide bonds. The molecule has 0 unspecified atom stereocenters. The van der Waals surface area contributed by atoms with E-state index in [0.29, 0.717) is 31.0 Å². The Labute approximate surface area is 231 Å². The highest BCUT2D eigenvalue weighted by atomic mass is 35.5. The van der Waals surface area contributed by atoms with E-state index >= 15 is 0 Å². The molecule has 1 saturated heterocycles. The van der Waals surface area contributed by atoms with E-state index in [1.165, 1.54) is 24.8 Å². The van der Waals surface area contributed by atoms with Gasteiger partial charge in [-0.1, -0.05) is 66.7 Å². The van der Waals surface area contributed by atoms with Crippen molar-refractivity contribution in [3.63, 3.8) is 0 Å². The summed E-state index contributed by atoms with van der Waals surface area (Å²) in [6.45, 7) is 7.07. The van der Waals surface area contributed by atoms with Gasteiger partial charge in [0.15, 0.2) is 0 Å². The summed E-state index contributed by atoms with van der Waals surface area (Å²) in [6, 6.07) is 15.6. The van der Waals surface area contributed by atoms with E-state index in [2.05, 4.69) is 12.1 Å². The maximum atomic E-state index is 12.1. The third-order valence-corrected chi connectivity index (χ3v) is 8.21. The molecule has 5 nitrogen and oxygen atoms in total. The number of aliphatic hydroxyl groups is 2. The second kappa shape index (κ2) is 12.8. The van der Waals surface area contributed by atoms with Crippen LogP contribution in [0.25, 0.3) is 0 Å². The third-order valence-electron chi connectivity index (χ3n) is 7.70. The molecular formula is C30H41Cl2NO4. The average molecular weight is 551 g/mol. The van der Waals surface area contributed by atoms with Gasteiger partial charge in [-0.15, -0.1) is 0 Å². The molecule has 7 heteroatoms. The zero-order chi connectivity index (χ0) is 27.1. The van der Waals surface area contributed by atoms with Gasteiger partial charge in [-0.05, 0) is 81.8 Å². The molecular weight excluding hydrogens is 509 g/mol. The van der Waals surface area contributed by atoms with Crippen LogP contribution in [-0.2, 0) is 15.6 Å². The summed E-state index contributed by atoms with van der Waals surface area (Å²) in [6.07, 6.45) is 7.10. The molecule has 1 heterocycles. The average Bonchev–Trinajstić information content (AvgIpc) is 2.89. The number of likely N-dealkylation sites (tertiary alicyclic amines) is 1. The molecule has 37 heavy (non-hydrogen) atoms. The van der Waals surface area contributed by atoms with E-state index in [4.69, 9.17) is 27.9 Å². The van der Waals surface area contributed by atoms with Crippen molar-refractivity contribution in [2.75, 3.05) is 26.3 Å². The van der Waals surface area contributed by atoms with Gasteiger partial charge in [0.25, 0.3) is 0 Å². The van der Waals surface area contributed by atoms with E-state index < -0.39 is 5.60 Å². The highest BCUT2D eigenvalue weighted by molar-refractivity contribution is 6.30. The molecule has 0 bridgehead atoms. The van der Waals surface area contributed by atoms with Crippen LogP contribution in [0.3, 0.4) is 0 Å². The van der Waals surface area contributed by atoms with Crippen molar-refractivity contribution in [3.05, 3.63) is 69.7 Å². The van der Waals surface area contributed by atoms with Gasteiger partial charge in [-0.3, -0.25) is 0 Å². The second-order valence-electron chi connectivity index (χ2n) is 11.4. The summed E-state index contributed by atoms with van der Waals surface area (Å²) < 4.78 is 5.41. The number of carbonyl (C=O) groups is 1. The minimum absolute atomic E-state index is 0.00282. The molecule has 1 aliphatic carbocycles. The van der Waals surface area contributed by atoms with Crippen molar-refractivity contribution in [2.24, 2.45) is 0 Å². The van der Waals surface area contributed by atoms with Gasteiger partial charge >= 0.3 is 6.09 Å².